The highest BCUT2D eigenvalue weighted by molar-refractivity contribution is 7.99. The summed E-state index contributed by atoms with van der Waals surface area (Å²) in [6.07, 6.45) is -4.63. The average molecular weight is 243 g/mol. The van der Waals surface area contributed by atoms with E-state index in [0.29, 0.717) is 12.5 Å². The van der Waals surface area contributed by atoms with Crippen LogP contribution < -0.4 is 5.32 Å². The third-order valence-corrected chi connectivity index (χ3v) is 3.54. The fourth-order valence-electron chi connectivity index (χ4n) is 1.49. The maximum absolute atomic E-state index is 11.9. The van der Waals surface area contributed by atoms with Crippen LogP contribution in [0.5, 0.6) is 0 Å². The minimum Gasteiger partial charge on any atom is -0.382 e. The molecule has 1 saturated heterocycles. The SMILES string of the molecule is OC(CNCC1CCSCC1)C(F)(F)F. The highest BCUT2D eigenvalue weighted by atomic mass is 32.2. The molecule has 0 aromatic heterocycles. The number of thioether (sulfide) groups is 1. The van der Waals surface area contributed by atoms with Crippen LogP contribution in [0.15, 0.2) is 0 Å². The Morgan fingerprint density at radius 3 is 2.47 bits per heavy atom. The number of halogens is 3. The normalized spacial score (nSPS) is 21.6. The molecule has 0 saturated carbocycles. The molecule has 1 unspecified atom stereocenters. The van der Waals surface area contributed by atoms with Crippen molar-refractivity contribution in [3.8, 4) is 0 Å². The van der Waals surface area contributed by atoms with Crippen molar-refractivity contribution in [2.75, 3.05) is 24.6 Å². The first kappa shape index (κ1) is 13.1. The number of rotatable bonds is 4. The van der Waals surface area contributed by atoms with Gasteiger partial charge in [0, 0.05) is 6.54 Å². The molecule has 2 N–H and O–H groups in total. The van der Waals surface area contributed by atoms with Gasteiger partial charge in [-0.25, -0.2) is 0 Å². The molecule has 0 radical (unpaired) electrons. The zero-order valence-electron chi connectivity index (χ0n) is 8.39. The maximum atomic E-state index is 11.9. The Labute approximate surface area is 91.6 Å². The zero-order chi connectivity index (χ0) is 11.3. The second-order valence-corrected chi connectivity index (χ2v) is 5.00. The monoisotopic (exact) mass is 243 g/mol. The van der Waals surface area contributed by atoms with Crippen molar-refractivity contribution >= 4 is 11.8 Å². The van der Waals surface area contributed by atoms with E-state index in [4.69, 9.17) is 5.11 Å². The predicted octanol–water partition coefficient (Wildman–Crippen LogP) is 1.64. The second kappa shape index (κ2) is 5.96. The van der Waals surface area contributed by atoms with Gasteiger partial charge in [-0.2, -0.15) is 24.9 Å². The molecule has 0 spiro atoms. The van der Waals surface area contributed by atoms with E-state index in [1.54, 1.807) is 0 Å². The van der Waals surface area contributed by atoms with Crippen molar-refractivity contribution in [3.05, 3.63) is 0 Å². The minimum atomic E-state index is -4.50. The molecule has 1 atom stereocenters. The molecule has 1 rings (SSSR count). The highest BCUT2D eigenvalue weighted by Crippen LogP contribution is 2.22. The van der Waals surface area contributed by atoms with Crippen LogP contribution in [0.4, 0.5) is 13.2 Å². The Morgan fingerprint density at radius 2 is 1.93 bits per heavy atom. The van der Waals surface area contributed by atoms with Gasteiger partial charge in [0.15, 0.2) is 6.10 Å². The van der Waals surface area contributed by atoms with Crippen molar-refractivity contribution in [2.24, 2.45) is 5.92 Å². The molecule has 1 aliphatic rings. The van der Waals surface area contributed by atoms with E-state index in [2.05, 4.69) is 5.32 Å². The Bertz CT molecular complexity index is 183. The largest absolute Gasteiger partial charge is 0.415 e. The van der Waals surface area contributed by atoms with E-state index in [0.717, 1.165) is 24.3 Å². The average Bonchev–Trinajstić information content (AvgIpc) is 2.18. The maximum Gasteiger partial charge on any atom is 0.415 e. The highest BCUT2D eigenvalue weighted by Gasteiger charge is 2.37. The van der Waals surface area contributed by atoms with Gasteiger partial charge in [-0.15, -0.1) is 0 Å². The van der Waals surface area contributed by atoms with Crippen molar-refractivity contribution in [3.63, 3.8) is 0 Å². The summed E-state index contributed by atoms with van der Waals surface area (Å²) in [5.41, 5.74) is 0. The molecule has 90 valence electrons. The van der Waals surface area contributed by atoms with Crippen molar-refractivity contribution in [1.29, 1.82) is 0 Å². The van der Waals surface area contributed by atoms with Crippen LogP contribution in [0, 0.1) is 5.92 Å². The van der Waals surface area contributed by atoms with Crippen LogP contribution in [0.2, 0.25) is 0 Å². The topological polar surface area (TPSA) is 32.3 Å². The van der Waals surface area contributed by atoms with Crippen LogP contribution in [-0.4, -0.2) is 42.0 Å². The predicted molar refractivity (Wildman–Crippen MR) is 55.0 cm³/mol. The van der Waals surface area contributed by atoms with Crippen LogP contribution in [-0.2, 0) is 0 Å². The minimum absolute atomic E-state index is 0.396. The summed E-state index contributed by atoms with van der Waals surface area (Å²) in [5.74, 6) is 2.65. The standard InChI is InChI=1S/C9H16F3NOS/c10-9(11,12)8(14)6-13-5-7-1-3-15-4-2-7/h7-8,13-14H,1-6H2. The van der Waals surface area contributed by atoms with E-state index in [1.165, 1.54) is 0 Å². The molecule has 0 bridgehead atoms. The lowest BCUT2D eigenvalue weighted by Gasteiger charge is -2.22. The van der Waals surface area contributed by atoms with E-state index >= 15 is 0 Å². The van der Waals surface area contributed by atoms with Crippen molar-refractivity contribution in [2.45, 2.75) is 25.1 Å². The lowest BCUT2D eigenvalue weighted by molar-refractivity contribution is -0.201. The summed E-state index contributed by atoms with van der Waals surface area (Å²) in [5, 5.41) is 11.4. The van der Waals surface area contributed by atoms with Gasteiger partial charge in [0.25, 0.3) is 0 Å². The quantitative estimate of drug-likeness (QED) is 0.787. The van der Waals surface area contributed by atoms with Crippen molar-refractivity contribution < 1.29 is 18.3 Å². The summed E-state index contributed by atoms with van der Waals surface area (Å²) < 4.78 is 35.8. The number of alkyl halides is 3. The Morgan fingerprint density at radius 1 is 1.33 bits per heavy atom. The van der Waals surface area contributed by atoms with Gasteiger partial charge in [-0.3, -0.25) is 0 Å². The summed E-state index contributed by atoms with van der Waals surface area (Å²) >= 11 is 1.89. The van der Waals surface area contributed by atoms with Crippen LogP contribution >= 0.6 is 11.8 Å². The molecule has 2 nitrogen and oxygen atoms in total. The van der Waals surface area contributed by atoms with Crippen LogP contribution in [0.25, 0.3) is 0 Å². The molecule has 1 aliphatic heterocycles. The van der Waals surface area contributed by atoms with Gasteiger partial charge in [0.2, 0.25) is 0 Å². The second-order valence-electron chi connectivity index (χ2n) is 3.77. The number of hydrogen-bond acceptors (Lipinski definition) is 3. The molecular formula is C9H16F3NOS. The first-order chi connectivity index (χ1) is 7.00. The van der Waals surface area contributed by atoms with Crippen LogP contribution in [0.3, 0.4) is 0 Å². The van der Waals surface area contributed by atoms with Crippen molar-refractivity contribution in [1.82, 2.24) is 5.32 Å². The van der Waals surface area contributed by atoms with Gasteiger partial charge in [-0.05, 0) is 36.8 Å². The fraction of sp³-hybridized carbons (Fsp3) is 1.00. The molecule has 1 heterocycles. The number of nitrogens with one attached hydrogen (secondary N) is 1. The Kier molecular flexibility index (Phi) is 5.22. The molecule has 0 aromatic carbocycles. The number of aliphatic hydroxyl groups is 1. The number of aliphatic hydroxyl groups excluding tert-OH is 1. The molecule has 6 heteroatoms. The van der Waals surface area contributed by atoms with Gasteiger partial charge in [0.1, 0.15) is 0 Å². The Hall–Kier alpha value is 0.0600. The van der Waals surface area contributed by atoms with Gasteiger partial charge in [-0.1, -0.05) is 0 Å². The summed E-state index contributed by atoms with van der Waals surface area (Å²) in [6.45, 7) is 0.181. The molecular weight excluding hydrogens is 227 g/mol. The van der Waals surface area contributed by atoms with Gasteiger partial charge in [0.05, 0.1) is 0 Å². The number of hydrogen-bond donors (Lipinski definition) is 2. The molecule has 1 fully saturated rings. The van der Waals surface area contributed by atoms with E-state index in [9.17, 15) is 13.2 Å². The van der Waals surface area contributed by atoms with E-state index < -0.39 is 18.8 Å². The molecule has 0 aliphatic carbocycles. The van der Waals surface area contributed by atoms with Gasteiger partial charge >= 0.3 is 6.18 Å². The van der Waals surface area contributed by atoms with E-state index in [-0.39, 0.29) is 0 Å². The molecule has 0 aromatic rings. The first-order valence-electron chi connectivity index (χ1n) is 5.03. The summed E-state index contributed by atoms with van der Waals surface area (Å²) in [4.78, 5) is 0. The Balaban J connectivity index is 2.10. The fourth-order valence-corrected chi connectivity index (χ4v) is 2.69. The zero-order valence-corrected chi connectivity index (χ0v) is 9.20. The third-order valence-electron chi connectivity index (χ3n) is 2.49. The van der Waals surface area contributed by atoms with Crippen LogP contribution in [0.1, 0.15) is 12.8 Å². The summed E-state index contributed by atoms with van der Waals surface area (Å²) in [6, 6.07) is 0. The smallest absolute Gasteiger partial charge is 0.382 e. The lowest BCUT2D eigenvalue weighted by Crippen LogP contribution is -2.40. The molecule has 0 amide bonds. The third kappa shape index (κ3) is 5.08. The summed E-state index contributed by atoms with van der Waals surface area (Å²) in [7, 11) is 0. The lowest BCUT2D eigenvalue weighted by atomic mass is 10.0. The first-order valence-corrected chi connectivity index (χ1v) is 6.19. The van der Waals surface area contributed by atoms with E-state index in [1.807, 2.05) is 11.8 Å². The van der Waals surface area contributed by atoms with Gasteiger partial charge < -0.3 is 10.4 Å². The molecule has 15 heavy (non-hydrogen) atoms.